The van der Waals surface area contributed by atoms with Crippen LogP contribution in [-0.2, 0) is 4.79 Å². The first-order chi connectivity index (χ1) is 15.4. The van der Waals surface area contributed by atoms with E-state index in [0.717, 1.165) is 22.0 Å². The van der Waals surface area contributed by atoms with Gasteiger partial charge in [-0.3, -0.25) is 4.79 Å². The van der Waals surface area contributed by atoms with E-state index in [1.54, 1.807) is 6.08 Å². The van der Waals surface area contributed by atoms with E-state index in [1.807, 2.05) is 91.0 Å². The lowest BCUT2D eigenvalue weighted by atomic mass is 9.91. The molecule has 0 fully saturated rings. The van der Waals surface area contributed by atoms with Crippen molar-refractivity contribution in [1.29, 1.82) is 0 Å². The molecular weight excluding hydrogens is 428 g/mol. The summed E-state index contributed by atoms with van der Waals surface area (Å²) in [6, 6.07) is 27.9. The summed E-state index contributed by atoms with van der Waals surface area (Å²) in [5.74, 6) is -1.27. The summed E-state index contributed by atoms with van der Waals surface area (Å²) in [6.45, 7) is -1.67. The number of hydrogen-bond acceptors (Lipinski definition) is 1. The summed E-state index contributed by atoms with van der Waals surface area (Å²) >= 11 is 0. The summed E-state index contributed by atoms with van der Waals surface area (Å²) in [4.78, 5) is 12.8. The summed E-state index contributed by atoms with van der Waals surface area (Å²) in [5, 5.41) is 2.49. The lowest BCUT2D eigenvalue weighted by molar-refractivity contribution is -0.117. The average molecular weight is 450 g/mol. The second-order valence-corrected chi connectivity index (χ2v) is 11.0. The third-order valence-electron chi connectivity index (χ3n) is 5.67. The molecule has 4 rings (SSSR count). The maximum atomic E-state index is 14.5. The number of benzene rings is 3. The van der Waals surface area contributed by atoms with Gasteiger partial charge < -0.3 is 0 Å². The minimum atomic E-state index is -4.60. The van der Waals surface area contributed by atoms with Crippen LogP contribution in [0.3, 0.4) is 0 Å². The summed E-state index contributed by atoms with van der Waals surface area (Å²) in [6.07, 6.45) is -0.541. The lowest BCUT2D eigenvalue weighted by Gasteiger charge is -2.37. The van der Waals surface area contributed by atoms with Crippen LogP contribution in [-0.4, -0.2) is 17.3 Å². The zero-order valence-corrected chi connectivity index (χ0v) is 18.4. The Labute approximate surface area is 185 Å². The Bertz CT molecular complexity index is 1120. The zero-order chi connectivity index (χ0) is 22.8. The number of halogens is 3. The van der Waals surface area contributed by atoms with Gasteiger partial charge in [-0.1, -0.05) is 103 Å². The Balaban J connectivity index is 2.33. The van der Waals surface area contributed by atoms with Crippen LogP contribution in [0.1, 0.15) is 6.92 Å². The van der Waals surface area contributed by atoms with Gasteiger partial charge in [-0.15, -0.1) is 0 Å². The number of hydrogen-bond donors (Lipinski definition) is 0. The molecule has 1 unspecified atom stereocenters. The highest BCUT2D eigenvalue weighted by molar-refractivity contribution is 7.95. The molecule has 3 aromatic carbocycles. The largest absolute Gasteiger partial charge is 0.416 e. The van der Waals surface area contributed by atoms with Crippen LogP contribution in [0.4, 0.5) is 13.2 Å². The first-order valence-corrected chi connectivity index (χ1v) is 12.1. The number of carbonyl (C=O) groups excluding carboxylic acids is 1. The molecule has 0 saturated carbocycles. The van der Waals surface area contributed by atoms with E-state index >= 15 is 0 Å². The summed E-state index contributed by atoms with van der Waals surface area (Å²) < 4.78 is 43.5. The van der Waals surface area contributed by atoms with Crippen LogP contribution in [0.5, 0.6) is 0 Å². The fourth-order valence-electron chi connectivity index (χ4n) is 4.38. The Morgan fingerprint density at radius 1 is 0.750 bits per heavy atom. The predicted molar refractivity (Wildman–Crippen MR) is 128 cm³/mol. The van der Waals surface area contributed by atoms with E-state index in [2.05, 4.69) is 0 Å². The Hall–Kier alpha value is -3.10. The van der Waals surface area contributed by atoms with Gasteiger partial charge in [0.2, 0.25) is 0 Å². The van der Waals surface area contributed by atoms with Gasteiger partial charge in [-0.2, -0.15) is 13.2 Å². The van der Waals surface area contributed by atoms with E-state index in [4.69, 9.17) is 0 Å². The number of rotatable bonds is 4. The molecule has 162 valence electrons. The molecule has 0 saturated heterocycles. The summed E-state index contributed by atoms with van der Waals surface area (Å²) in [5.41, 5.74) is -0.731. The van der Waals surface area contributed by atoms with Crippen molar-refractivity contribution in [2.75, 3.05) is 0 Å². The van der Waals surface area contributed by atoms with Crippen LogP contribution >= 0.6 is 6.89 Å². The molecule has 0 heterocycles. The Morgan fingerprint density at radius 2 is 1.16 bits per heavy atom. The molecule has 3 aromatic rings. The number of carbonyl (C=O) groups is 1. The van der Waals surface area contributed by atoms with Crippen LogP contribution < -0.4 is 15.9 Å². The second kappa shape index (κ2) is 8.80. The molecule has 1 aliphatic rings. The average Bonchev–Trinajstić information content (AvgIpc) is 2.81. The van der Waals surface area contributed by atoms with E-state index < -0.39 is 24.6 Å². The smallest absolute Gasteiger partial charge is 0.299 e. The normalized spacial score (nSPS) is 16.6. The van der Waals surface area contributed by atoms with Gasteiger partial charge >= 0.3 is 6.18 Å². The van der Waals surface area contributed by atoms with E-state index in [1.165, 1.54) is 13.0 Å². The molecule has 0 aromatic heterocycles. The van der Waals surface area contributed by atoms with Crippen molar-refractivity contribution < 1.29 is 18.0 Å². The highest BCUT2D eigenvalue weighted by atomic mass is 31.2. The second-order valence-electron chi connectivity index (χ2n) is 7.61. The van der Waals surface area contributed by atoms with Crippen molar-refractivity contribution in [3.63, 3.8) is 0 Å². The molecule has 0 radical (unpaired) electrons. The first kappa shape index (κ1) is 22.1. The van der Waals surface area contributed by atoms with Gasteiger partial charge in [0, 0.05) is 0 Å². The van der Waals surface area contributed by atoms with Crippen LogP contribution in [0, 0.1) is 5.92 Å². The molecule has 0 N–H and O–H groups in total. The maximum Gasteiger partial charge on any atom is 0.416 e. The monoisotopic (exact) mass is 450 g/mol. The number of allylic oxidation sites excluding steroid dienone is 4. The van der Waals surface area contributed by atoms with Gasteiger partial charge in [0.1, 0.15) is 5.78 Å². The molecular formula is C27H22F3OP. The van der Waals surface area contributed by atoms with Gasteiger partial charge in [-0.05, 0) is 41.1 Å². The zero-order valence-electron chi connectivity index (χ0n) is 17.5. The SMILES string of the molecule is CC(=O)C1C=CC=C(C(F)(F)F)C1=P(c1ccccc1)(c1ccccc1)c1ccccc1. The minimum absolute atomic E-state index is 0.142. The van der Waals surface area contributed by atoms with Gasteiger partial charge in [0.15, 0.2) is 0 Å². The van der Waals surface area contributed by atoms with Crippen LogP contribution in [0.15, 0.2) is 115 Å². The highest BCUT2D eigenvalue weighted by Gasteiger charge is 2.45. The predicted octanol–water partition coefficient (Wildman–Crippen LogP) is 5.42. The Morgan fingerprint density at radius 3 is 1.50 bits per heavy atom. The van der Waals surface area contributed by atoms with E-state index in [9.17, 15) is 18.0 Å². The lowest BCUT2D eigenvalue weighted by Crippen LogP contribution is -2.39. The molecule has 0 aliphatic heterocycles. The fraction of sp³-hybridized carbons (Fsp3) is 0.111. The molecule has 1 atom stereocenters. The molecule has 32 heavy (non-hydrogen) atoms. The van der Waals surface area contributed by atoms with Crippen LogP contribution in [0.2, 0.25) is 0 Å². The van der Waals surface area contributed by atoms with E-state index in [-0.39, 0.29) is 11.1 Å². The Kier molecular flexibility index (Phi) is 6.08. The molecule has 5 heteroatoms. The van der Waals surface area contributed by atoms with E-state index in [0.29, 0.717) is 0 Å². The third kappa shape index (κ3) is 3.80. The fourth-order valence-corrected chi connectivity index (χ4v) is 9.22. The van der Waals surface area contributed by atoms with Gasteiger partial charge in [0.05, 0.1) is 11.5 Å². The van der Waals surface area contributed by atoms with Gasteiger partial charge in [0.25, 0.3) is 0 Å². The van der Waals surface area contributed by atoms with Crippen LogP contribution in [0.25, 0.3) is 0 Å². The van der Waals surface area contributed by atoms with Gasteiger partial charge in [-0.25, -0.2) is 0 Å². The molecule has 1 aliphatic carbocycles. The van der Waals surface area contributed by atoms with Crippen molar-refractivity contribution in [3.8, 4) is 0 Å². The molecule has 1 nitrogen and oxygen atoms in total. The summed E-state index contributed by atoms with van der Waals surface area (Å²) in [7, 11) is 0. The quantitative estimate of drug-likeness (QED) is 0.486. The van der Waals surface area contributed by atoms with Crippen molar-refractivity contribution >= 4 is 33.9 Å². The van der Waals surface area contributed by atoms with Crippen molar-refractivity contribution in [3.05, 3.63) is 115 Å². The molecule has 0 spiro atoms. The standard InChI is InChI=1S/C27H22F3OP/c1-20(31)24-18-11-19-25(27(28,29)30)26(24)32(21-12-5-2-6-13-21,22-14-7-3-8-15-22)23-16-9-4-10-17-23/h2-19,24H,1H3. The molecule has 0 bridgehead atoms. The number of Topliss-reactive ketones (excluding diaryl/α,β-unsaturated/α-hetero) is 1. The van der Waals surface area contributed by atoms with Crippen molar-refractivity contribution in [1.82, 2.24) is 0 Å². The highest BCUT2D eigenvalue weighted by Crippen LogP contribution is 2.52. The minimum Gasteiger partial charge on any atom is -0.299 e. The van der Waals surface area contributed by atoms with Crippen molar-refractivity contribution in [2.24, 2.45) is 5.92 Å². The topological polar surface area (TPSA) is 17.1 Å². The molecule has 0 amide bonds. The van der Waals surface area contributed by atoms with Crippen molar-refractivity contribution in [2.45, 2.75) is 13.1 Å². The number of alkyl halides is 3. The third-order valence-corrected chi connectivity index (χ3v) is 10.1. The first-order valence-electron chi connectivity index (χ1n) is 10.3. The maximum absolute atomic E-state index is 14.5. The number of ketones is 1.